The van der Waals surface area contributed by atoms with Gasteiger partial charge in [-0.25, -0.2) is 4.79 Å². The molecule has 0 saturated heterocycles. The van der Waals surface area contributed by atoms with Crippen LogP contribution in [0.2, 0.25) is 0 Å². The van der Waals surface area contributed by atoms with E-state index in [4.69, 9.17) is 5.11 Å². The highest BCUT2D eigenvalue weighted by molar-refractivity contribution is 9.10. The van der Waals surface area contributed by atoms with E-state index in [1.165, 1.54) is 5.56 Å². The molecule has 7 heteroatoms. The Balaban J connectivity index is 1.80. The second kappa shape index (κ2) is 12.2. The summed E-state index contributed by atoms with van der Waals surface area (Å²) in [7, 11) is 0. The van der Waals surface area contributed by atoms with Gasteiger partial charge in [0.05, 0.1) is 0 Å². The molecule has 0 fully saturated rings. The van der Waals surface area contributed by atoms with Crippen LogP contribution >= 0.6 is 15.9 Å². The third kappa shape index (κ3) is 8.66. The van der Waals surface area contributed by atoms with Crippen LogP contribution in [0.1, 0.15) is 37.8 Å². The van der Waals surface area contributed by atoms with E-state index in [2.05, 4.69) is 50.5 Å². The molecular formula is C22H28BrN3O3. The maximum atomic E-state index is 12.0. The van der Waals surface area contributed by atoms with E-state index in [1.807, 2.05) is 42.5 Å². The number of nitrogens with one attached hydrogen (secondary N) is 2. The molecule has 6 nitrogen and oxygen atoms in total. The molecule has 156 valence electrons. The maximum Gasteiger partial charge on any atom is 0.319 e. The summed E-state index contributed by atoms with van der Waals surface area (Å²) in [5.41, 5.74) is 1.93. The van der Waals surface area contributed by atoms with Crippen LogP contribution in [-0.2, 0) is 4.79 Å². The van der Waals surface area contributed by atoms with Gasteiger partial charge in [0.1, 0.15) is 0 Å². The summed E-state index contributed by atoms with van der Waals surface area (Å²) in [5, 5.41) is 14.6. The van der Waals surface area contributed by atoms with Crippen LogP contribution in [0.15, 0.2) is 59.1 Å². The van der Waals surface area contributed by atoms with Gasteiger partial charge in [-0.3, -0.25) is 9.69 Å². The fraction of sp³-hybridized carbons (Fsp3) is 0.364. The van der Waals surface area contributed by atoms with E-state index < -0.39 is 5.97 Å². The zero-order valence-corrected chi connectivity index (χ0v) is 18.2. The number of aliphatic carboxylic acids is 1. The molecule has 0 radical (unpaired) electrons. The van der Waals surface area contributed by atoms with Crippen molar-refractivity contribution >= 4 is 33.6 Å². The van der Waals surface area contributed by atoms with Gasteiger partial charge in [0.15, 0.2) is 0 Å². The summed E-state index contributed by atoms with van der Waals surface area (Å²) < 4.78 is 0.957. The largest absolute Gasteiger partial charge is 0.481 e. The molecule has 29 heavy (non-hydrogen) atoms. The Hall–Kier alpha value is -2.38. The first-order valence-corrected chi connectivity index (χ1v) is 10.6. The summed E-state index contributed by atoms with van der Waals surface area (Å²) in [6.45, 7) is 4.14. The van der Waals surface area contributed by atoms with Crippen LogP contribution in [0.4, 0.5) is 10.5 Å². The number of hydrogen-bond donors (Lipinski definition) is 3. The molecule has 1 atom stereocenters. The Labute approximate surface area is 180 Å². The van der Waals surface area contributed by atoms with Gasteiger partial charge in [0, 0.05) is 35.7 Å². The minimum atomic E-state index is -0.774. The van der Waals surface area contributed by atoms with Crippen molar-refractivity contribution in [3.63, 3.8) is 0 Å². The molecule has 2 amide bonds. The lowest BCUT2D eigenvalue weighted by atomic mass is 10.1. The quantitative estimate of drug-likeness (QED) is 0.416. The topological polar surface area (TPSA) is 81.7 Å². The van der Waals surface area contributed by atoms with Gasteiger partial charge in [0.25, 0.3) is 0 Å². The fourth-order valence-corrected chi connectivity index (χ4v) is 3.33. The van der Waals surface area contributed by atoms with Crippen LogP contribution in [0.5, 0.6) is 0 Å². The lowest BCUT2D eigenvalue weighted by Gasteiger charge is -2.29. The first-order valence-electron chi connectivity index (χ1n) is 9.77. The van der Waals surface area contributed by atoms with Gasteiger partial charge in [-0.05, 0) is 56.1 Å². The second-order valence-electron chi connectivity index (χ2n) is 6.86. The first-order chi connectivity index (χ1) is 14.0. The third-order valence-corrected chi connectivity index (χ3v) is 5.20. The maximum absolute atomic E-state index is 12.0. The molecule has 2 aromatic rings. The van der Waals surface area contributed by atoms with E-state index in [9.17, 15) is 9.59 Å². The Morgan fingerprint density at radius 2 is 1.69 bits per heavy atom. The smallest absolute Gasteiger partial charge is 0.319 e. The average Bonchev–Trinajstić information content (AvgIpc) is 2.71. The van der Waals surface area contributed by atoms with Crippen LogP contribution in [-0.4, -0.2) is 41.6 Å². The van der Waals surface area contributed by atoms with E-state index in [0.717, 1.165) is 23.1 Å². The van der Waals surface area contributed by atoms with Gasteiger partial charge >= 0.3 is 12.0 Å². The molecule has 0 aliphatic rings. The SMILES string of the molecule is C[C@H](c1ccccc1)N(CCCNC(=O)Nc1ccc(Br)cc1)CCCC(=O)O. The van der Waals surface area contributed by atoms with Gasteiger partial charge in [-0.1, -0.05) is 46.3 Å². The molecular weight excluding hydrogens is 434 g/mol. The van der Waals surface area contributed by atoms with Crippen molar-refractivity contribution in [2.24, 2.45) is 0 Å². The zero-order valence-electron chi connectivity index (χ0n) is 16.6. The highest BCUT2D eigenvalue weighted by atomic mass is 79.9. The summed E-state index contributed by atoms with van der Waals surface area (Å²) in [5.74, 6) is -0.774. The number of hydrogen-bond acceptors (Lipinski definition) is 3. The van der Waals surface area contributed by atoms with Crippen LogP contribution < -0.4 is 10.6 Å². The predicted octanol–water partition coefficient (Wildman–Crippen LogP) is 4.89. The van der Waals surface area contributed by atoms with Gasteiger partial charge in [-0.15, -0.1) is 0 Å². The summed E-state index contributed by atoms with van der Waals surface area (Å²) in [4.78, 5) is 25.2. The molecule has 0 unspecified atom stereocenters. The Kier molecular flexibility index (Phi) is 9.67. The lowest BCUT2D eigenvalue weighted by Crippen LogP contribution is -2.34. The molecule has 0 saturated carbocycles. The number of carbonyl (C=O) groups excluding carboxylic acids is 1. The van der Waals surface area contributed by atoms with E-state index in [0.29, 0.717) is 19.5 Å². The van der Waals surface area contributed by atoms with Crippen LogP contribution in [0, 0.1) is 0 Å². The van der Waals surface area contributed by atoms with Gasteiger partial charge in [0.2, 0.25) is 0 Å². The predicted molar refractivity (Wildman–Crippen MR) is 119 cm³/mol. The highest BCUT2D eigenvalue weighted by Crippen LogP contribution is 2.20. The lowest BCUT2D eigenvalue weighted by molar-refractivity contribution is -0.137. The number of rotatable bonds is 11. The normalized spacial score (nSPS) is 11.8. The van der Waals surface area contributed by atoms with E-state index in [1.54, 1.807) is 0 Å². The Morgan fingerprint density at radius 1 is 1.03 bits per heavy atom. The number of amides is 2. The number of benzene rings is 2. The second-order valence-corrected chi connectivity index (χ2v) is 7.78. The first kappa shape index (κ1) is 22.9. The van der Waals surface area contributed by atoms with E-state index >= 15 is 0 Å². The molecule has 3 N–H and O–H groups in total. The molecule has 0 aromatic heterocycles. The van der Waals surface area contributed by atoms with Crippen molar-refractivity contribution < 1.29 is 14.7 Å². The van der Waals surface area contributed by atoms with Crippen LogP contribution in [0.3, 0.4) is 0 Å². The highest BCUT2D eigenvalue weighted by Gasteiger charge is 2.15. The van der Waals surface area contributed by atoms with Crippen LogP contribution in [0.25, 0.3) is 0 Å². The summed E-state index contributed by atoms with van der Waals surface area (Å²) in [6.07, 6.45) is 1.54. The summed E-state index contributed by atoms with van der Waals surface area (Å²) >= 11 is 3.37. The van der Waals surface area contributed by atoms with Crippen molar-refractivity contribution in [1.82, 2.24) is 10.2 Å². The number of anilines is 1. The van der Waals surface area contributed by atoms with Crippen molar-refractivity contribution in [2.75, 3.05) is 25.0 Å². The summed E-state index contributed by atoms with van der Waals surface area (Å²) in [6, 6.07) is 17.5. The number of carboxylic acids is 1. The Morgan fingerprint density at radius 3 is 2.34 bits per heavy atom. The third-order valence-electron chi connectivity index (χ3n) is 4.68. The minimum absolute atomic E-state index is 0.159. The number of carbonyl (C=O) groups is 2. The van der Waals surface area contributed by atoms with Crippen molar-refractivity contribution in [2.45, 2.75) is 32.2 Å². The van der Waals surface area contributed by atoms with Gasteiger partial charge in [-0.2, -0.15) is 0 Å². The molecule has 0 aliphatic heterocycles. The molecule has 0 bridgehead atoms. The number of urea groups is 1. The van der Waals surface area contributed by atoms with Crippen molar-refractivity contribution in [1.29, 1.82) is 0 Å². The number of carboxylic acid groups (broad SMARTS) is 1. The van der Waals surface area contributed by atoms with Crippen molar-refractivity contribution in [3.05, 3.63) is 64.6 Å². The molecule has 0 heterocycles. The number of nitrogens with zero attached hydrogens (tertiary/aromatic N) is 1. The standard InChI is InChI=1S/C22H28BrN3O3/c1-17(18-7-3-2-4-8-18)26(15-5-9-21(27)28)16-6-14-24-22(29)25-20-12-10-19(23)11-13-20/h2-4,7-8,10-13,17H,5-6,9,14-16H2,1H3,(H,27,28)(H2,24,25,29)/t17-/m1/s1. The zero-order chi connectivity index (χ0) is 21.1. The minimum Gasteiger partial charge on any atom is -0.481 e. The molecule has 2 aromatic carbocycles. The van der Waals surface area contributed by atoms with Crippen molar-refractivity contribution in [3.8, 4) is 0 Å². The van der Waals surface area contributed by atoms with Gasteiger partial charge < -0.3 is 15.7 Å². The Bertz CT molecular complexity index is 769. The molecule has 2 rings (SSSR count). The number of halogens is 1. The monoisotopic (exact) mass is 461 g/mol. The molecule has 0 spiro atoms. The molecule has 0 aliphatic carbocycles. The fourth-order valence-electron chi connectivity index (χ4n) is 3.07. The van der Waals surface area contributed by atoms with E-state index in [-0.39, 0.29) is 18.5 Å². The average molecular weight is 462 g/mol.